The minimum absolute atomic E-state index is 0.0863. The first kappa shape index (κ1) is 65.1. The lowest BCUT2D eigenvalue weighted by molar-refractivity contribution is -0.167. The molecule has 0 N–H and O–H groups in total. The second-order valence-corrected chi connectivity index (χ2v) is 18.4. The minimum Gasteiger partial charge on any atom is -0.462 e. The molecule has 0 rings (SSSR count). The van der Waals surface area contributed by atoms with E-state index in [1.165, 1.54) is 77.0 Å². The third kappa shape index (κ3) is 54.9. The smallest absolute Gasteiger partial charge is 0.306 e. The Balaban J connectivity index is 4.17. The molecule has 0 aromatic heterocycles. The number of rotatable bonds is 50. The molecule has 0 amide bonds. The zero-order valence-electron chi connectivity index (χ0n) is 44.8. The molecule has 0 fully saturated rings. The van der Waals surface area contributed by atoms with Crippen molar-refractivity contribution >= 4 is 17.9 Å². The number of hydrogen-bond acceptors (Lipinski definition) is 6. The number of allylic oxidation sites excluding steroid dienone is 18. The standard InChI is InChI=1S/C63H104O6/c1-4-7-10-13-16-18-20-22-24-25-26-27-28-29-30-31-32-33-34-35-36-37-39-40-42-44-47-50-53-56-62(65)68-59-60(58-67-61(64)55-52-49-46-15-12-9-6-3)69-63(66)57-54-51-48-45-43-41-38-23-21-19-17-14-11-8-5-2/h7-8,10-11,16-19,22-24,26-27,29-30,32-33,38,60H,4-6,9,12-15,20-21,25,28,31,34-37,39-59H2,1-3H3/b10-7-,11-8-,18-16-,19-17-,24-22-,27-26-,30-29-,33-32-,38-23-. The second-order valence-electron chi connectivity index (χ2n) is 18.4. The van der Waals surface area contributed by atoms with Crippen LogP contribution in [0.3, 0.4) is 0 Å². The van der Waals surface area contributed by atoms with E-state index in [-0.39, 0.29) is 31.1 Å². The third-order valence-electron chi connectivity index (χ3n) is 11.8. The van der Waals surface area contributed by atoms with Gasteiger partial charge in [-0.2, -0.15) is 0 Å². The molecule has 0 saturated heterocycles. The van der Waals surface area contributed by atoms with Crippen LogP contribution >= 0.6 is 0 Å². The van der Waals surface area contributed by atoms with E-state index < -0.39 is 6.10 Å². The summed E-state index contributed by atoms with van der Waals surface area (Å²) in [6, 6.07) is 0. The van der Waals surface area contributed by atoms with Gasteiger partial charge in [0.25, 0.3) is 0 Å². The molecule has 0 aromatic carbocycles. The van der Waals surface area contributed by atoms with Gasteiger partial charge in [-0.3, -0.25) is 14.4 Å². The van der Waals surface area contributed by atoms with Crippen molar-refractivity contribution in [3.63, 3.8) is 0 Å². The van der Waals surface area contributed by atoms with Crippen molar-refractivity contribution in [3.05, 3.63) is 109 Å². The van der Waals surface area contributed by atoms with E-state index in [4.69, 9.17) is 14.2 Å². The van der Waals surface area contributed by atoms with Crippen LogP contribution in [-0.4, -0.2) is 37.2 Å². The van der Waals surface area contributed by atoms with Crippen molar-refractivity contribution in [2.24, 2.45) is 0 Å². The number of carbonyl (C=O) groups excluding carboxylic acids is 3. The minimum atomic E-state index is -0.787. The van der Waals surface area contributed by atoms with Crippen LogP contribution in [0.4, 0.5) is 0 Å². The number of ether oxygens (including phenoxy) is 3. The first-order valence-corrected chi connectivity index (χ1v) is 28.4. The number of carbonyl (C=O) groups is 3. The van der Waals surface area contributed by atoms with Crippen molar-refractivity contribution in [1.29, 1.82) is 0 Å². The zero-order valence-corrected chi connectivity index (χ0v) is 44.8. The van der Waals surface area contributed by atoms with Crippen LogP contribution < -0.4 is 0 Å². The van der Waals surface area contributed by atoms with E-state index >= 15 is 0 Å². The molecule has 0 heterocycles. The van der Waals surface area contributed by atoms with Crippen molar-refractivity contribution in [2.75, 3.05) is 13.2 Å². The van der Waals surface area contributed by atoms with Gasteiger partial charge >= 0.3 is 17.9 Å². The maximum Gasteiger partial charge on any atom is 0.306 e. The Morgan fingerprint density at radius 2 is 0.565 bits per heavy atom. The van der Waals surface area contributed by atoms with Gasteiger partial charge in [-0.1, -0.05) is 239 Å². The van der Waals surface area contributed by atoms with Gasteiger partial charge in [0.15, 0.2) is 6.10 Å². The maximum absolute atomic E-state index is 12.8. The first-order chi connectivity index (χ1) is 34.0. The predicted molar refractivity (Wildman–Crippen MR) is 297 cm³/mol. The van der Waals surface area contributed by atoms with Gasteiger partial charge < -0.3 is 14.2 Å². The van der Waals surface area contributed by atoms with E-state index in [9.17, 15) is 14.4 Å². The van der Waals surface area contributed by atoms with Crippen LogP contribution in [-0.2, 0) is 28.6 Å². The van der Waals surface area contributed by atoms with Crippen LogP contribution in [0, 0.1) is 0 Å². The molecule has 0 aliphatic rings. The normalized spacial score (nSPS) is 12.9. The molecule has 69 heavy (non-hydrogen) atoms. The SMILES string of the molecule is CC/C=C\C/C=C\C/C=C\C/C=C\C/C=C\C/C=C\CCCCCCCCCCCCC(=O)OCC(COC(=O)CCCCCCCCC)OC(=O)CCCCCCC/C=C\C/C=C\C/C=C\CC. The first-order valence-electron chi connectivity index (χ1n) is 28.4. The Morgan fingerprint density at radius 3 is 0.884 bits per heavy atom. The van der Waals surface area contributed by atoms with Gasteiger partial charge in [0, 0.05) is 19.3 Å². The Morgan fingerprint density at radius 1 is 0.304 bits per heavy atom. The van der Waals surface area contributed by atoms with E-state index in [1.807, 2.05) is 0 Å². The molecule has 6 nitrogen and oxygen atoms in total. The van der Waals surface area contributed by atoms with Gasteiger partial charge in [0.05, 0.1) is 0 Å². The van der Waals surface area contributed by atoms with Crippen LogP contribution in [0.25, 0.3) is 0 Å². The molecule has 0 spiro atoms. The fraction of sp³-hybridized carbons (Fsp3) is 0.667. The summed E-state index contributed by atoms with van der Waals surface area (Å²) < 4.78 is 16.7. The van der Waals surface area contributed by atoms with Gasteiger partial charge in [-0.25, -0.2) is 0 Å². The molecule has 0 radical (unpaired) electrons. The molecule has 0 bridgehead atoms. The Labute approximate surface area is 425 Å². The van der Waals surface area contributed by atoms with E-state index in [1.54, 1.807) is 0 Å². The summed E-state index contributed by atoms with van der Waals surface area (Å²) in [5, 5.41) is 0. The summed E-state index contributed by atoms with van der Waals surface area (Å²) in [6.45, 7) is 6.35. The lowest BCUT2D eigenvalue weighted by Crippen LogP contribution is -2.30. The molecule has 392 valence electrons. The Bertz CT molecular complexity index is 1420. The van der Waals surface area contributed by atoms with E-state index in [2.05, 4.69) is 130 Å². The highest BCUT2D eigenvalue weighted by molar-refractivity contribution is 5.71. The summed E-state index contributed by atoms with van der Waals surface area (Å²) in [6.07, 6.45) is 76.8. The highest BCUT2D eigenvalue weighted by Crippen LogP contribution is 2.15. The summed E-state index contributed by atoms with van der Waals surface area (Å²) in [5.41, 5.74) is 0. The molecule has 0 aliphatic carbocycles. The van der Waals surface area contributed by atoms with Gasteiger partial charge in [-0.05, 0) is 103 Å². The lowest BCUT2D eigenvalue weighted by atomic mass is 10.1. The van der Waals surface area contributed by atoms with E-state index in [0.29, 0.717) is 19.3 Å². The number of unbranched alkanes of at least 4 members (excludes halogenated alkanes) is 21. The molecule has 1 atom stereocenters. The molecule has 6 heteroatoms. The fourth-order valence-corrected chi connectivity index (χ4v) is 7.58. The van der Waals surface area contributed by atoms with Crippen molar-refractivity contribution in [1.82, 2.24) is 0 Å². The van der Waals surface area contributed by atoms with Crippen molar-refractivity contribution < 1.29 is 28.6 Å². The summed E-state index contributed by atoms with van der Waals surface area (Å²) in [7, 11) is 0. The van der Waals surface area contributed by atoms with Gasteiger partial charge in [0.1, 0.15) is 13.2 Å². The third-order valence-corrected chi connectivity index (χ3v) is 11.8. The fourth-order valence-electron chi connectivity index (χ4n) is 7.58. The van der Waals surface area contributed by atoms with Crippen molar-refractivity contribution in [3.8, 4) is 0 Å². The average Bonchev–Trinajstić information content (AvgIpc) is 3.35. The quantitative estimate of drug-likeness (QED) is 0.0262. The van der Waals surface area contributed by atoms with Crippen LogP contribution in [0.2, 0.25) is 0 Å². The van der Waals surface area contributed by atoms with Crippen LogP contribution in [0.1, 0.15) is 252 Å². The van der Waals surface area contributed by atoms with Crippen molar-refractivity contribution in [2.45, 2.75) is 258 Å². The molecular weight excluding hydrogens is 853 g/mol. The Hall–Kier alpha value is -3.93. The molecule has 0 saturated carbocycles. The lowest BCUT2D eigenvalue weighted by Gasteiger charge is -2.18. The second kappa shape index (κ2) is 56.7. The molecule has 1 unspecified atom stereocenters. The summed E-state index contributed by atoms with van der Waals surface area (Å²) in [4.78, 5) is 37.9. The van der Waals surface area contributed by atoms with Crippen LogP contribution in [0.15, 0.2) is 109 Å². The molecule has 0 aromatic rings. The van der Waals surface area contributed by atoms with E-state index in [0.717, 1.165) is 135 Å². The highest BCUT2D eigenvalue weighted by Gasteiger charge is 2.19. The number of esters is 3. The monoisotopic (exact) mass is 957 g/mol. The molecular formula is C63H104O6. The van der Waals surface area contributed by atoms with Gasteiger partial charge in [0.2, 0.25) is 0 Å². The average molecular weight is 958 g/mol. The van der Waals surface area contributed by atoms with Gasteiger partial charge in [-0.15, -0.1) is 0 Å². The topological polar surface area (TPSA) is 78.9 Å². The predicted octanol–water partition coefficient (Wildman–Crippen LogP) is 19.1. The maximum atomic E-state index is 12.8. The molecule has 0 aliphatic heterocycles. The Kier molecular flexibility index (Phi) is 53.4. The number of hydrogen-bond donors (Lipinski definition) is 0. The highest BCUT2D eigenvalue weighted by atomic mass is 16.6. The summed E-state index contributed by atoms with van der Waals surface area (Å²) in [5.74, 6) is -0.916. The zero-order chi connectivity index (χ0) is 50.0. The summed E-state index contributed by atoms with van der Waals surface area (Å²) >= 11 is 0. The van der Waals surface area contributed by atoms with Crippen LogP contribution in [0.5, 0.6) is 0 Å². The largest absolute Gasteiger partial charge is 0.462 e.